The zero-order chi connectivity index (χ0) is 11.5. The van der Waals surface area contributed by atoms with Gasteiger partial charge in [0, 0.05) is 18.5 Å². The molecule has 16 heavy (non-hydrogen) atoms. The molecule has 0 radical (unpaired) electrons. The van der Waals surface area contributed by atoms with Crippen LogP contribution in [-0.4, -0.2) is 16.0 Å². The number of nitrogen functional groups attached to an aromatic ring is 1. The van der Waals surface area contributed by atoms with Crippen LogP contribution in [0, 0.1) is 5.92 Å². The van der Waals surface area contributed by atoms with Crippen molar-refractivity contribution in [1.82, 2.24) is 9.97 Å². The fourth-order valence-electron chi connectivity index (χ4n) is 1.87. The van der Waals surface area contributed by atoms with Crippen molar-refractivity contribution in [2.75, 3.05) is 10.7 Å². The molecular formula is C11H19N5. The first-order chi connectivity index (χ1) is 7.76. The van der Waals surface area contributed by atoms with E-state index in [9.17, 15) is 0 Å². The van der Waals surface area contributed by atoms with Crippen LogP contribution in [0.25, 0.3) is 0 Å². The fraction of sp³-hybridized carbons (Fsp3) is 0.636. The molecule has 2 rings (SSSR count). The average Bonchev–Trinajstić information content (AvgIpc) is 3.06. The second-order valence-electron chi connectivity index (χ2n) is 4.21. The van der Waals surface area contributed by atoms with Gasteiger partial charge >= 0.3 is 0 Å². The molecule has 0 spiro atoms. The first-order valence-electron chi connectivity index (χ1n) is 5.87. The summed E-state index contributed by atoms with van der Waals surface area (Å²) >= 11 is 0. The highest BCUT2D eigenvalue weighted by molar-refractivity contribution is 5.48. The number of hydrogen-bond donors (Lipinski definition) is 3. The molecule has 0 amide bonds. The summed E-state index contributed by atoms with van der Waals surface area (Å²) < 4.78 is 0. The first kappa shape index (κ1) is 11.1. The van der Waals surface area contributed by atoms with E-state index in [0.29, 0.717) is 11.9 Å². The Labute approximate surface area is 95.8 Å². The molecule has 2 unspecified atom stereocenters. The van der Waals surface area contributed by atoms with E-state index in [2.05, 4.69) is 27.6 Å². The highest BCUT2D eigenvalue weighted by atomic mass is 15.3. The number of aromatic nitrogens is 2. The van der Waals surface area contributed by atoms with Crippen LogP contribution in [0.2, 0.25) is 0 Å². The van der Waals surface area contributed by atoms with Gasteiger partial charge in [0.15, 0.2) is 0 Å². The van der Waals surface area contributed by atoms with E-state index in [4.69, 9.17) is 5.84 Å². The standard InChI is InChI=1S/C11H19N5/c1-3-7-5-8(7)13-10-6-11(16-12)15-9(4-2)14-10/h6-8H,3-5,12H2,1-2H3,(H2,13,14,15,16). The Morgan fingerprint density at radius 1 is 1.38 bits per heavy atom. The van der Waals surface area contributed by atoms with E-state index in [-0.39, 0.29) is 0 Å². The maximum Gasteiger partial charge on any atom is 0.145 e. The van der Waals surface area contributed by atoms with E-state index in [1.807, 2.05) is 13.0 Å². The average molecular weight is 221 g/mol. The first-order valence-corrected chi connectivity index (χ1v) is 5.87. The summed E-state index contributed by atoms with van der Waals surface area (Å²) in [5.74, 6) is 8.53. The van der Waals surface area contributed by atoms with Crippen LogP contribution in [0.3, 0.4) is 0 Å². The number of nitrogens with one attached hydrogen (secondary N) is 2. The Morgan fingerprint density at radius 3 is 2.69 bits per heavy atom. The van der Waals surface area contributed by atoms with Gasteiger partial charge in [-0.05, 0) is 12.3 Å². The molecule has 1 aliphatic carbocycles. The topological polar surface area (TPSA) is 75.9 Å². The summed E-state index contributed by atoms with van der Waals surface area (Å²) in [7, 11) is 0. The third kappa shape index (κ3) is 2.41. The minimum Gasteiger partial charge on any atom is -0.367 e. The van der Waals surface area contributed by atoms with Crippen molar-refractivity contribution < 1.29 is 0 Å². The number of hydrogen-bond acceptors (Lipinski definition) is 5. The van der Waals surface area contributed by atoms with Crippen LogP contribution in [0.4, 0.5) is 11.6 Å². The summed E-state index contributed by atoms with van der Waals surface area (Å²) in [6, 6.07) is 2.43. The monoisotopic (exact) mass is 221 g/mol. The van der Waals surface area contributed by atoms with Crippen LogP contribution in [0.15, 0.2) is 6.07 Å². The number of aryl methyl sites for hydroxylation is 1. The van der Waals surface area contributed by atoms with Crippen molar-refractivity contribution >= 4 is 11.6 Å². The summed E-state index contributed by atoms with van der Waals surface area (Å²) in [6.45, 7) is 4.25. The molecule has 0 bridgehead atoms. The maximum atomic E-state index is 5.37. The van der Waals surface area contributed by atoms with Gasteiger partial charge in [-0.1, -0.05) is 20.3 Å². The predicted molar refractivity (Wildman–Crippen MR) is 65.0 cm³/mol. The van der Waals surface area contributed by atoms with Crippen molar-refractivity contribution in [3.05, 3.63) is 11.9 Å². The normalized spacial score (nSPS) is 22.9. The van der Waals surface area contributed by atoms with Gasteiger partial charge in [-0.25, -0.2) is 15.8 Å². The van der Waals surface area contributed by atoms with Gasteiger partial charge in [-0.2, -0.15) is 0 Å². The van der Waals surface area contributed by atoms with E-state index in [0.717, 1.165) is 24.0 Å². The van der Waals surface area contributed by atoms with Crippen molar-refractivity contribution in [2.24, 2.45) is 11.8 Å². The smallest absolute Gasteiger partial charge is 0.145 e. The summed E-state index contributed by atoms with van der Waals surface area (Å²) in [5.41, 5.74) is 2.57. The van der Waals surface area contributed by atoms with Crippen molar-refractivity contribution in [1.29, 1.82) is 0 Å². The summed E-state index contributed by atoms with van der Waals surface area (Å²) in [6.07, 6.45) is 3.28. The summed E-state index contributed by atoms with van der Waals surface area (Å²) in [5, 5.41) is 3.42. The number of nitrogens with two attached hydrogens (primary N) is 1. The fourth-order valence-corrected chi connectivity index (χ4v) is 1.87. The number of anilines is 2. The molecule has 1 fully saturated rings. The van der Waals surface area contributed by atoms with Crippen molar-refractivity contribution in [3.8, 4) is 0 Å². The number of rotatable bonds is 5. The van der Waals surface area contributed by atoms with Gasteiger partial charge < -0.3 is 10.7 Å². The van der Waals surface area contributed by atoms with Crippen molar-refractivity contribution in [3.63, 3.8) is 0 Å². The van der Waals surface area contributed by atoms with Crippen LogP contribution >= 0.6 is 0 Å². The lowest BCUT2D eigenvalue weighted by Gasteiger charge is -2.08. The third-order valence-electron chi connectivity index (χ3n) is 3.02. The molecule has 1 saturated carbocycles. The highest BCUT2D eigenvalue weighted by Crippen LogP contribution is 2.35. The molecule has 5 heteroatoms. The highest BCUT2D eigenvalue weighted by Gasteiger charge is 2.35. The molecule has 1 aromatic rings. The Hall–Kier alpha value is -1.36. The largest absolute Gasteiger partial charge is 0.367 e. The van der Waals surface area contributed by atoms with Crippen LogP contribution < -0.4 is 16.6 Å². The predicted octanol–water partition coefficient (Wildman–Crippen LogP) is 1.53. The minimum absolute atomic E-state index is 0.579. The molecule has 1 aromatic heterocycles. The Bertz CT molecular complexity index is 343. The van der Waals surface area contributed by atoms with Gasteiger partial charge in [0.25, 0.3) is 0 Å². The molecule has 5 nitrogen and oxygen atoms in total. The van der Waals surface area contributed by atoms with Gasteiger partial charge in [0.1, 0.15) is 17.5 Å². The van der Waals surface area contributed by atoms with Crippen molar-refractivity contribution in [2.45, 2.75) is 39.2 Å². The molecule has 4 N–H and O–H groups in total. The molecule has 0 aliphatic heterocycles. The molecule has 0 aromatic carbocycles. The molecule has 88 valence electrons. The Morgan fingerprint density at radius 2 is 2.12 bits per heavy atom. The van der Waals surface area contributed by atoms with Gasteiger partial charge in [-0.3, -0.25) is 0 Å². The molecular weight excluding hydrogens is 202 g/mol. The Balaban J connectivity index is 2.08. The molecule has 1 heterocycles. The second kappa shape index (κ2) is 4.65. The maximum absolute atomic E-state index is 5.37. The number of hydrazine groups is 1. The van der Waals surface area contributed by atoms with Crippen LogP contribution in [0.1, 0.15) is 32.5 Å². The minimum atomic E-state index is 0.579. The van der Waals surface area contributed by atoms with E-state index in [1.165, 1.54) is 12.8 Å². The zero-order valence-electron chi connectivity index (χ0n) is 9.83. The van der Waals surface area contributed by atoms with Gasteiger partial charge in [0.2, 0.25) is 0 Å². The summed E-state index contributed by atoms with van der Waals surface area (Å²) in [4.78, 5) is 8.68. The number of nitrogens with zero attached hydrogens (tertiary/aromatic N) is 2. The lowest BCUT2D eigenvalue weighted by atomic mass is 10.3. The molecule has 1 aliphatic rings. The Kier molecular flexibility index (Phi) is 3.24. The molecule has 2 atom stereocenters. The van der Waals surface area contributed by atoms with Crippen LogP contribution in [0.5, 0.6) is 0 Å². The molecule has 0 saturated heterocycles. The van der Waals surface area contributed by atoms with E-state index in [1.54, 1.807) is 0 Å². The van der Waals surface area contributed by atoms with E-state index < -0.39 is 0 Å². The zero-order valence-corrected chi connectivity index (χ0v) is 9.83. The lowest BCUT2D eigenvalue weighted by Crippen LogP contribution is -2.13. The second-order valence-corrected chi connectivity index (χ2v) is 4.21. The van der Waals surface area contributed by atoms with Gasteiger partial charge in [0.05, 0.1) is 0 Å². The third-order valence-corrected chi connectivity index (χ3v) is 3.02. The van der Waals surface area contributed by atoms with Gasteiger partial charge in [-0.15, -0.1) is 0 Å². The van der Waals surface area contributed by atoms with Crippen LogP contribution in [-0.2, 0) is 6.42 Å². The van der Waals surface area contributed by atoms with E-state index >= 15 is 0 Å². The lowest BCUT2D eigenvalue weighted by molar-refractivity contribution is 0.772. The quantitative estimate of drug-likeness (QED) is 0.519. The SMILES string of the molecule is CCc1nc(NN)cc(NC2CC2CC)n1.